The van der Waals surface area contributed by atoms with Crippen molar-refractivity contribution in [3.63, 3.8) is 0 Å². The summed E-state index contributed by atoms with van der Waals surface area (Å²) in [6.45, 7) is 0. The number of benzene rings is 2. The lowest BCUT2D eigenvalue weighted by Crippen LogP contribution is -2.19. The summed E-state index contributed by atoms with van der Waals surface area (Å²) in [7, 11) is 1.60. The molecular weight excluding hydrogens is 292 g/mol. The van der Waals surface area contributed by atoms with E-state index in [0.717, 1.165) is 16.3 Å². The van der Waals surface area contributed by atoms with Crippen molar-refractivity contribution in [3.05, 3.63) is 66.2 Å². The largest absolute Gasteiger partial charge is 0.496 e. The Morgan fingerprint density at radius 1 is 1.22 bits per heavy atom. The van der Waals surface area contributed by atoms with E-state index in [2.05, 4.69) is 20.5 Å². The van der Waals surface area contributed by atoms with Crippen molar-refractivity contribution in [1.29, 1.82) is 0 Å². The predicted octanol–water partition coefficient (Wildman–Crippen LogP) is 2.40. The minimum Gasteiger partial charge on any atom is -0.496 e. The second-order valence-corrected chi connectivity index (χ2v) is 4.69. The molecule has 6 nitrogen and oxygen atoms in total. The van der Waals surface area contributed by atoms with Crippen molar-refractivity contribution in [2.24, 2.45) is 5.10 Å². The number of aromatic nitrogens is 2. The normalized spacial score (nSPS) is 10.8. The van der Waals surface area contributed by atoms with Crippen LogP contribution in [0, 0.1) is 0 Å². The lowest BCUT2D eigenvalue weighted by atomic mass is 10.0. The first-order valence-electron chi connectivity index (χ1n) is 6.95. The van der Waals surface area contributed by atoms with Gasteiger partial charge in [0.1, 0.15) is 11.4 Å². The van der Waals surface area contributed by atoms with Crippen LogP contribution in [-0.2, 0) is 0 Å². The Bertz CT molecular complexity index is 863. The molecule has 2 aromatic carbocycles. The average Bonchev–Trinajstić information content (AvgIpc) is 2.62. The highest BCUT2D eigenvalue weighted by Crippen LogP contribution is 2.26. The number of carbonyl (C=O) groups excluding carboxylic acids is 1. The zero-order valence-electron chi connectivity index (χ0n) is 12.4. The fraction of sp³-hybridized carbons (Fsp3) is 0.0588. The van der Waals surface area contributed by atoms with Gasteiger partial charge < -0.3 is 4.74 Å². The molecule has 23 heavy (non-hydrogen) atoms. The monoisotopic (exact) mass is 306 g/mol. The molecule has 1 aromatic heterocycles. The molecule has 0 saturated carbocycles. The molecule has 3 rings (SSSR count). The van der Waals surface area contributed by atoms with E-state index in [1.165, 1.54) is 18.6 Å². The van der Waals surface area contributed by atoms with Gasteiger partial charge >= 0.3 is 0 Å². The van der Waals surface area contributed by atoms with Crippen LogP contribution < -0.4 is 10.2 Å². The van der Waals surface area contributed by atoms with Crippen molar-refractivity contribution in [1.82, 2.24) is 15.4 Å². The molecule has 1 heterocycles. The topological polar surface area (TPSA) is 76.5 Å². The van der Waals surface area contributed by atoms with Gasteiger partial charge in [0.15, 0.2) is 0 Å². The highest BCUT2D eigenvalue weighted by Gasteiger charge is 2.07. The SMILES string of the molecule is COc1ccc2ccccc2c1/C=N/NC(=O)c1cnccn1. The Morgan fingerprint density at radius 2 is 2.09 bits per heavy atom. The molecule has 1 amide bonds. The van der Waals surface area contributed by atoms with Crippen molar-refractivity contribution < 1.29 is 9.53 Å². The Labute approximate surface area is 132 Å². The number of carbonyl (C=O) groups is 1. The molecule has 0 saturated heterocycles. The zero-order chi connectivity index (χ0) is 16.1. The molecule has 0 bridgehead atoms. The molecule has 0 fully saturated rings. The molecule has 1 N–H and O–H groups in total. The quantitative estimate of drug-likeness (QED) is 0.593. The van der Waals surface area contributed by atoms with Gasteiger partial charge in [-0.15, -0.1) is 0 Å². The van der Waals surface area contributed by atoms with E-state index in [9.17, 15) is 4.79 Å². The van der Waals surface area contributed by atoms with Crippen LogP contribution in [0.1, 0.15) is 16.1 Å². The van der Waals surface area contributed by atoms with E-state index >= 15 is 0 Å². The van der Waals surface area contributed by atoms with Gasteiger partial charge in [-0.1, -0.05) is 30.3 Å². The summed E-state index contributed by atoms with van der Waals surface area (Å²) in [6, 6.07) is 11.7. The molecule has 0 unspecified atom stereocenters. The van der Waals surface area contributed by atoms with Crippen molar-refractivity contribution >= 4 is 22.9 Å². The maximum atomic E-state index is 11.9. The van der Waals surface area contributed by atoms with Gasteiger partial charge in [0.2, 0.25) is 0 Å². The molecular formula is C17H14N4O2. The van der Waals surface area contributed by atoms with E-state index in [0.29, 0.717) is 5.75 Å². The van der Waals surface area contributed by atoms with E-state index in [-0.39, 0.29) is 5.69 Å². The van der Waals surface area contributed by atoms with Gasteiger partial charge in [-0.25, -0.2) is 10.4 Å². The molecule has 0 radical (unpaired) electrons. The summed E-state index contributed by atoms with van der Waals surface area (Å²) >= 11 is 0. The maximum Gasteiger partial charge on any atom is 0.291 e. The van der Waals surface area contributed by atoms with Gasteiger partial charge in [-0.3, -0.25) is 9.78 Å². The Morgan fingerprint density at radius 3 is 2.87 bits per heavy atom. The summed E-state index contributed by atoms with van der Waals surface area (Å²) in [5, 5.41) is 6.06. The number of hydrogen-bond acceptors (Lipinski definition) is 5. The fourth-order valence-corrected chi connectivity index (χ4v) is 2.22. The maximum absolute atomic E-state index is 11.9. The van der Waals surface area contributed by atoms with E-state index in [4.69, 9.17) is 4.74 Å². The minimum atomic E-state index is -0.423. The summed E-state index contributed by atoms with van der Waals surface area (Å²) < 4.78 is 5.37. The van der Waals surface area contributed by atoms with E-state index in [1.807, 2.05) is 36.4 Å². The molecule has 0 aliphatic heterocycles. The van der Waals surface area contributed by atoms with Gasteiger partial charge in [0.25, 0.3) is 5.91 Å². The molecule has 0 atom stereocenters. The summed E-state index contributed by atoms with van der Waals surface area (Å²) in [6.07, 6.45) is 5.90. The third-order valence-corrected chi connectivity index (χ3v) is 3.31. The summed E-state index contributed by atoms with van der Waals surface area (Å²) in [5.74, 6) is 0.259. The summed E-state index contributed by atoms with van der Waals surface area (Å²) in [4.78, 5) is 19.7. The van der Waals surface area contributed by atoms with E-state index < -0.39 is 5.91 Å². The first kappa shape index (κ1) is 14.6. The number of fused-ring (bicyclic) bond motifs is 1. The number of hydrazone groups is 1. The van der Waals surface area contributed by atoms with Gasteiger partial charge in [0, 0.05) is 18.0 Å². The highest BCUT2D eigenvalue weighted by molar-refractivity contribution is 6.03. The fourth-order valence-electron chi connectivity index (χ4n) is 2.22. The van der Waals surface area contributed by atoms with Crippen LogP contribution in [0.5, 0.6) is 5.75 Å². The third kappa shape index (κ3) is 3.16. The minimum absolute atomic E-state index is 0.203. The second kappa shape index (κ2) is 6.65. The first-order chi connectivity index (χ1) is 11.3. The molecule has 0 spiro atoms. The van der Waals surface area contributed by atoms with Crippen LogP contribution in [0.2, 0.25) is 0 Å². The molecule has 3 aromatic rings. The number of ether oxygens (including phenoxy) is 1. The molecule has 0 aliphatic carbocycles. The first-order valence-corrected chi connectivity index (χ1v) is 6.95. The van der Waals surface area contributed by atoms with E-state index in [1.54, 1.807) is 13.3 Å². The highest BCUT2D eigenvalue weighted by atomic mass is 16.5. The smallest absolute Gasteiger partial charge is 0.291 e. The number of methoxy groups -OCH3 is 1. The van der Waals surface area contributed by atoms with Crippen LogP contribution in [0.25, 0.3) is 10.8 Å². The van der Waals surface area contributed by atoms with Crippen LogP contribution in [0.15, 0.2) is 60.1 Å². The number of hydrogen-bond donors (Lipinski definition) is 1. The number of nitrogens with zero attached hydrogens (tertiary/aromatic N) is 3. The van der Waals surface area contributed by atoms with Crippen LogP contribution >= 0.6 is 0 Å². The lowest BCUT2D eigenvalue weighted by Gasteiger charge is -2.08. The molecule has 114 valence electrons. The Kier molecular flexibility index (Phi) is 4.24. The van der Waals surface area contributed by atoms with Crippen LogP contribution in [-0.4, -0.2) is 29.2 Å². The van der Waals surface area contributed by atoms with Gasteiger partial charge in [0.05, 0.1) is 19.5 Å². The Hall–Kier alpha value is -3.28. The second-order valence-electron chi connectivity index (χ2n) is 4.69. The average molecular weight is 306 g/mol. The zero-order valence-corrected chi connectivity index (χ0v) is 12.4. The van der Waals surface area contributed by atoms with Crippen molar-refractivity contribution in [3.8, 4) is 5.75 Å². The van der Waals surface area contributed by atoms with Crippen LogP contribution in [0.4, 0.5) is 0 Å². The van der Waals surface area contributed by atoms with Crippen molar-refractivity contribution in [2.45, 2.75) is 0 Å². The van der Waals surface area contributed by atoms with Crippen molar-refractivity contribution in [2.75, 3.05) is 7.11 Å². The van der Waals surface area contributed by atoms with Gasteiger partial charge in [-0.2, -0.15) is 5.10 Å². The number of nitrogens with one attached hydrogen (secondary N) is 1. The van der Waals surface area contributed by atoms with Gasteiger partial charge in [-0.05, 0) is 16.8 Å². The number of amides is 1. The lowest BCUT2D eigenvalue weighted by molar-refractivity contribution is 0.0949. The molecule has 6 heteroatoms. The third-order valence-electron chi connectivity index (χ3n) is 3.31. The van der Waals surface area contributed by atoms with Crippen LogP contribution in [0.3, 0.4) is 0 Å². The predicted molar refractivity (Wildman–Crippen MR) is 87.6 cm³/mol. The summed E-state index contributed by atoms with van der Waals surface area (Å²) in [5.41, 5.74) is 3.44. The standard InChI is InChI=1S/C17H14N4O2/c1-23-16-7-6-12-4-2-3-5-13(12)14(16)10-20-21-17(22)15-11-18-8-9-19-15/h2-11H,1H3,(H,21,22)/b20-10+. The number of rotatable bonds is 4. The Balaban J connectivity index is 1.87. The molecule has 0 aliphatic rings.